The SMILES string of the molecule is CCNC(=NCc1ccc(C(=O)N2CCNC(=O)C2)cc1)NCc1ccccc1Cl.I. The van der Waals surface area contributed by atoms with Crippen LogP contribution in [0, 0.1) is 0 Å². The molecule has 3 rings (SSSR count). The zero-order valence-electron chi connectivity index (χ0n) is 17.4. The van der Waals surface area contributed by atoms with Crippen molar-refractivity contribution in [2.75, 3.05) is 26.2 Å². The number of nitrogens with zero attached hydrogens (tertiary/aromatic N) is 2. The van der Waals surface area contributed by atoms with Gasteiger partial charge in [0, 0.05) is 36.8 Å². The quantitative estimate of drug-likeness (QED) is 0.291. The number of benzene rings is 2. The van der Waals surface area contributed by atoms with Gasteiger partial charge in [-0.25, -0.2) is 4.99 Å². The van der Waals surface area contributed by atoms with E-state index in [4.69, 9.17) is 11.6 Å². The Bertz CT molecular complexity index is 920. The molecule has 2 aromatic rings. The second kappa shape index (κ2) is 12.5. The molecule has 1 fully saturated rings. The van der Waals surface area contributed by atoms with Crippen LogP contribution in [-0.2, 0) is 17.9 Å². The van der Waals surface area contributed by atoms with E-state index in [1.807, 2.05) is 43.3 Å². The lowest BCUT2D eigenvalue weighted by Gasteiger charge is -2.26. The summed E-state index contributed by atoms with van der Waals surface area (Å²) in [5.74, 6) is 0.437. The number of hydrogen-bond acceptors (Lipinski definition) is 3. The molecule has 0 aromatic heterocycles. The number of carbonyl (C=O) groups is 2. The fourth-order valence-corrected chi connectivity index (χ4v) is 3.28. The average molecular weight is 556 g/mol. The molecule has 0 saturated carbocycles. The van der Waals surface area contributed by atoms with Crippen molar-refractivity contribution in [2.45, 2.75) is 20.0 Å². The molecule has 3 N–H and O–H groups in total. The van der Waals surface area contributed by atoms with Crippen LogP contribution in [0.4, 0.5) is 0 Å². The molecule has 0 spiro atoms. The number of rotatable bonds is 6. The Labute approximate surface area is 204 Å². The number of piperazine rings is 1. The maximum atomic E-state index is 12.5. The molecule has 0 bridgehead atoms. The van der Waals surface area contributed by atoms with E-state index in [1.165, 1.54) is 0 Å². The molecule has 0 aliphatic carbocycles. The van der Waals surface area contributed by atoms with E-state index in [-0.39, 0.29) is 42.3 Å². The number of hydrogen-bond donors (Lipinski definition) is 3. The summed E-state index contributed by atoms with van der Waals surface area (Å²) in [6, 6.07) is 15.0. The zero-order valence-corrected chi connectivity index (χ0v) is 20.4. The first-order valence-electron chi connectivity index (χ1n) is 9.97. The van der Waals surface area contributed by atoms with Gasteiger partial charge in [-0.1, -0.05) is 41.9 Å². The fourth-order valence-electron chi connectivity index (χ4n) is 3.08. The predicted octanol–water partition coefficient (Wildman–Crippen LogP) is 2.79. The van der Waals surface area contributed by atoms with Gasteiger partial charge in [0.1, 0.15) is 0 Å². The van der Waals surface area contributed by atoms with Gasteiger partial charge in [0.05, 0.1) is 13.1 Å². The molecule has 1 heterocycles. The summed E-state index contributed by atoms with van der Waals surface area (Å²) in [6.07, 6.45) is 0. The first kappa shape index (κ1) is 24.9. The molecule has 31 heavy (non-hydrogen) atoms. The normalized spacial score (nSPS) is 13.8. The topological polar surface area (TPSA) is 85.8 Å². The molecule has 1 aliphatic heterocycles. The van der Waals surface area contributed by atoms with Gasteiger partial charge in [-0.3, -0.25) is 9.59 Å². The van der Waals surface area contributed by atoms with E-state index >= 15 is 0 Å². The molecule has 0 unspecified atom stereocenters. The Morgan fingerprint density at radius 2 is 1.90 bits per heavy atom. The standard InChI is InChI=1S/C22H26ClN5O2.HI/c1-2-24-22(27-14-18-5-3-4-6-19(18)23)26-13-16-7-9-17(10-8-16)21(30)28-12-11-25-20(29)15-28;/h3-10H,2,11-15H2,1H3,(H,25,29)(H2,24,26,27);1H. The van der Waals surface area contributed by atoms with E-state index in [0.717, 1.165) is 17.7 Å². The molecular formula is C22H27ClIN5O2. The first-order chi connectivity index (χ1) is 14.6. The van der Waals surface area contributed by atoms with Gasteiger partial charge in [0.2, 0.25) is 5.91 Å². The van der Waals surface area contributed by atoms with Gasteiger partial charge in [-0.05, 0) is 36.2 Å². The summed E-state index contributed by atoms with van der Waals surface area (Å²) in [5.41, 5.74) is 2.55. The van der Waals surface area contributed by atoms with Crippen molar-refractivity contribution in [3.8, 4) is 0 Å². The van der Waals surface area contributed by atoms with Crippen LogP contribution in [0.3, 0.4) is 0 Å². The number of aliphatic imine (C=N–C) groups is 1. The molecule has 1 saturated heterocycles. The van der Waals surface area contributed by atoms with E-state index in [2.05, 4.69) is 20.9 Å². The highest BCUT2D eigenvalue weighted by Gasteiger charge is 2.22. The number of carbonyl (C=O) groups excluding carboxylic acids is 2. The van der Waals surface area contributed by atoms with Crippen molar-refractivity contribution in [3.05, 3.63) is 70.2 Å². The van der Waals surface area contributed by atoms with E-state index in [1.54, 1.807) is 17.0 Å². The maximum Gasteiger partial charge on any atom is 0.254 e. The van der Waals surface area contributed by atoms with Gasteiger partial charge in [0.25, 0.3) is 5.91 Å². The molecule has 2 amide bonds. The van der Waals surface area contributed by atoms with Gasteiger partial charge in [0.15, 0.2) is 5.96 Å². The summed E-state index contributed by atoms with van der Waals surface area (Å²) in [7, 11) is 0. The summed E-state index contributed by atoms with van der Waals surface area (Å²) >= 11 is 6.21. The van der Waals surface area contributed by atoms with Crippen LogP contribution >= 0.6 is 35.6 Å². The van der Waals surface area contributed by atoms with Crippen LogP contribution in [0.15, 0.2) is 53.5 Å². The molecule has 0 atom stereocenters. The molecule has 9 heteroatoms. The van der Waals surface area contributed by atoms with Crippen molar-refractivity contribution in [1.82, 2.24) is 20.9 Å². The molecule has 7 nitrogen and oxygen atoms in total. The van der Waals surface area contributed by atoms with Gasteiger partial charge < -0.3 is 20.9 Å². The lowest BCUT2D eigenvalue weighted by molar-refractivity contribution is -0.123. The molecule has 166 valence electrons. The average Bonchev–Trinajstić information content (AvgIpc) is 2.76. The Balaban J connectivity index is 0.00000341. The van der Waals surface area contributed by atoms with Crippen LogP contribution < -0.4 is 16.0 Å². The van der Waals surface area contributed by atoms with Crippen LogP contribution in [-0.4, -0.2) is 48.9 Å². The highest BCUT2D eigenvalue weighted by Crippen LogP contribution is 2.14. The van der Waals surface area contributed by atoms with Crippen molar-refractivity contribution in [2.24, 2.45) is 4.99 Å². The van der Waals surface area contributed by atoms with Crippen molar-refractivity contribution in [3.63, 3.8) is 0 Å². The van der Waals surface area contributed by atoms with E-state index < -0.39 is 0 Å². The summed E-state index contributed by atoms with van der Waals surface area (Å²) in [5, 5.41) is 9.93. The van der Waals surface area contributed by atoms with Crippen LogP contribution in [0.2, 0.25) is 5.02 Å². The van der Waals surface area contributed by atoms with Crippen molar-refractivity contribution >= 4 is 53.4 Å². The second-order valence-corrected chi connectivity index (χ2v) is 7.32. The third kappa shape index (κ3) is 7.39. The summed E-state index contributed by atoms with van der Waals surface area (Å²) < 4.78 is 0. The smallest absolute Gasteiger partial charge is 0.254 e. The van der Waals surface area contributed by atoms with Crippen LogP contribution in [0.5, 0.6) is 0 Å². The molecule has 1 aliphatic rings. The second-order valence-electron chi connectivity index (χ2n) is 6.91. The van der Waals surface area contributed by atoms with Gasteiger partial charge in [-0.2, -0.15) is 0 Å². The van der Waals surface area contributed by atoms with E-state index in [9.17, 15) is 9.59 Å². The van der Waals surface area contributed by atoms with E-state index in [0.29, 0.717) is 42.7 Å². The number of guanidine groups is 1. The highest BCUT2D eigenvalue weighted by atomic mass is 127. The fraction of sp³-hybridized carbons (Fsp3) is 0.318. The molecule has 2 aromatic carbocycles. The number of amides is 2. The van der Waals surface area contributed by atoms with Crippen molar-refractivity contribution in [1.29, 1.82) is 0 Å². The molecular weight excluding hydrogens is 529 g/mol. The summed E-state index contributed by atoms with van der Waals surface area (Å²) in [4.78, 5) is 30.2. The monoisotopic (exact) mass is 555 g/mol. The Kier molecular flexibility index (Phi) is 10.1. The molecule has 0 radical (unpaired) electrons. The van der Waals surface area contributed by atoms with Crippen molar-refractivity contribution < 1.29 is 9.59 Å². The third-order valence-corrected chi connectivity index (χ3v) is 5.06. The Morgan fingerprint density at radius 3 is 2.58 bits per heavy atom. The lowest BCUT2D eigenvalue weighted by atomic mass is 10.1. The minimum absolute atomic E-state index is 0. The summed E-state index contributed by atoms with van der Waals surface area (Å²) in [6.45, 7) is 4.92. The van der Waals surface area contributed by atoms with Crippen LogP contribution in [0.25, 0.3) is 0 Å². The zero-order chi connectivity index (χ0) is 21.3. The number of halogens is 2. The Morgan fingerprint density at radius 1 is 1.16 bits per heavy atom. The first-order valence-corrected chi connectivity index (χ1v) is 10.3. The predicted molar refractivity (Wildman–Crippen MR) is 134 cm³/mol. The maximum absolute atomic E-state index is 12.5. The highest BCUT2D eigenvalue weighted by molar-refractivity contribution is 14.0. The minimum Gasteiger partial charge on any atom is -0.357 e. The van der Waals surface area contributed by atoms with Gasteiger partial charge in [-0.15, -0.1) is 24.0 Å². The Hall–Kier alpha value is -2.33. The third-order valence-electron chi connectivity index (χ3n) is 4.69. The largest absolute Gasteiger partial charge is 0.357 e. The van der Waals surface area contributed by atoms with Gasteiger partial charge >= 0.3 is 0 Å². The van der Waals surface area contributed by atoms with Crippen LogP contribution in [0.1, 0.15) is 28.4 Å². The lowest BCUT2D eigenvalue weighted by Crippen LogP contribution is -2.49. The minimum atomic E-state index is -0.130. The number of nitrogens with one attached hydrogen (secondary N) is 3.